The topological polar surface area (TPSA) is 4.93 Å². The maximum absolute atomic E-state index is 2.30. The Morgan fingerprint density at radius 2 is 0.496 bits per heavy atom. The van der Waals surface area contributed by atoms with Crippen LogP contribution in [0.5, 0.6) is 0 Å². The second kappa shape index (κ2) is 68.0. The fourth-order valence-corrected chi connectivity index (χ4v) is 14.6. The number of fused-ring (bicyclic) bond motifs is 17. The fourth-order valence-electron chi connectivity index (χ4n) is 14.6. The second-order valence-electron chi connectivity index (χ2n) is 26.8. The van der Waals surface area contributed by atoms with E-state index < -0.39 is 0 Å². The van der Waals surface area contributed by atoms with Crippen molar-refractivity contribution in [2.24, 2.45) is 7.05 Å². The number of aromatic nitrogens is 1. The summed E-state index contributed by atoms with van der Waals surface area (Å²) in [6, 6.07) is 118. The van der Waals surface area contributed by atoms with Crippen LogP contribution in [0, 0.1) is 48.5 Å². The highest BCUT2D eigenvalue weighted by Crippen LogP contribution is 2.41. The van der Waals surface area contributed by atoms with Crippen LogP contribution < -0.4 is 0 Å². The molecule has 0 unspecified atom stereocenters. The van der Waals surface area contributed by atoms with Crippen molar-refractivity contribution in [3.8, 4) is 44.5 Å². The zero-order valence-corrected chi connectivity index (χ0v) is 84.5. The van der Waals surface area contributed by atoms with Gasteiger partial charge in [0, 0.05) is 28.9 Å². The zero-order chi connectivity index (χ0) is 94.2. The van der Waals surface area contributed by atoms with E-state index in [1.807, 2.05) is 198 Å². The second-order valence-corrected chi connectivity index (χ2v) is 26.8. The minimum absolute atomic E-state index is 1.10. The summed E-state index contributed by atoms with van der Waals surface area (Å²) >= 11 is 0. The first kappa shape index (κ1) is 114. The fraction of sp³-hybridized carbons (Fsp3) is 0.306. The van der Waals surface area contributed by atoms with Gasteiger partial charge in [-0.25, -0.2) is 0 Å². The van der Waals surface area contributed by atoms with Crippen LogP contribution in [0.2, 0.25) is 0 Å². The molecule has 0 N–H and O–H groups in total. The van der Waals surface area contributed by atoms with E-state index in [1.54, 1.807) is 0 Å². The van der Waals surface area contributed by atoms with Crippen LogP contribution >= 0.6 is 0 Å². The van der Waals surface area contributed by atoms with E-state index in [0.29, 0.717) is 0 Å². The number of nitrogens with zero attached hydrogens (tertiary/aromatic N) is 1. The maximum atomic E-state index is 2.30. The number of aryl methyl sites for hydroxylation is 8. The third-order valence-corrected chi connectivity index (χ3v) is 19.7. The van der Waals surface area contributed by atoms with Gasteiger partial charge in [-0.1, -0.05) is 524 Å². The van der Waals surface area contributed by atoms with Crippen LogP contribution in [0.25, 0.3) is 87.9 Å². The van der Waals surface area contributed by atoms with Gasteiger partial charge in [0.2, 0.25) is 0 Å². The van der Waals surface area contributed by atoms with E-state index in [9.17, 15) is 0 Å². The Bertz CT molecular complexity index is 5410. The standard InChI is InChI=1S/4C14H12.C13H11N.2C11H10.C7H8.13C2H6/c1-10-5-4-7-12-9-11-6-2-3-8-13(11)14(10)12;1-10-5-4-8-13-12-7-3-2-6-11(12)9-14(10)13;1-10-6-7-14-12(8-10)9-11-4-2-3-5-13(11)14;1-10-6-7-12-9-11-4-2-3-5-13(11)14(12)8-10;1-14-12-8-4-2-6-10(12)11-7-3-5-9-13(11)14;1-9-5-4-7-10-6-2-3-8-11(9)10;1-9-6-7-10-4-2-3-5-11(10)8-9;1-7-5-3-2-4-6-7;13*1-2/h4*2-8H,9H2,1H3;2-9H,1H3;2*2-8H,1H3;2-6H,1H3;13*1-2H3. The van der Waals surface area contributed by atoms with Gasteiger partial charge < -0.3 is 4.57 Å². The molecular weight excluding hydrogens is 1500 g/mol. The van der Waals surface area contributed by atoms with Gasteiger partial charge in [0.25, 0.3) is 0 Å². The third kappa shape index (κ3) is 33.9. The summed E-state index contributed by atoms with van der Waals surface area (Å²) in [5.41, 5.74) is 35.4. The summed E-state index contributed by atoms with van der Waals surface area (Å²) < 4.78 is 2.24. The largest absolute Gasteiger partial charge is 0.344 e. The number of hydrogen-bond acceptors (Lipinski definition) is 0. The molecular formula is C124H165N. The highest BCUT2D eigenvalue weighted by atomic mass is 14.9. The summed E-state index contributed by atoms with van der Waals surface area (Å²) in [7, 11) is 2.12. The average molecular weight is 1670 g/mol. The molecule has 1 heterocycles. The monoisotopic (exact) mass is 1670 g/mol. The normalized spacial score (nSPS) is 9.71. The van der Waals surface area contributed by atoms with Crippen molar-refractivity contribution < 1.29 is 0 Å². The Morgan fingerprint density at radius 1 is 0.176 bits per heavy atom. The lowest BCUT2D eigenvalue weighted by Crippen LogP contribution is -1.84. The number of para-hydroxylation sites is 2. The van der Waals surface area contributed by atoms with Gasteiger partial charge in [0.1, 0.15) is 0 Å². The zero-order valence-electron chi connectivity index (χ0n) is 84.5. The van der Waals surface area contributed by atoms with E-state index in [1.165, 1.54) is 171 Å². The number of benzene rings is 15. The van der Waals surface area contributed by atoms with Crippen molar-refractivity contribution in [3.63, 3.8) is 0 Å². The first-order chi connectivity index (χ1) is 61.4. The van der Waals surface area contributed by atoms with Crippen molar-refractivity contribution in [3.05, 3.63) is 417 Å². The Balaban J connectivity index is 0.00000136. The molecule has 1 heteroatoms. The van der Waals surface area contributed by atoms with Crippen LogP contribution in [0.3, 0.4) is 0 Å². The molecule has 0 radical (unpaired) electrons. The van der Waals surface area contributed by atoms with Crippen LogP contribution in [-0.4, -0.2) is 4.57 Å². The van der Waals surface area contributed by atoms with Crippen molar-refractivity contribution in [1.29, 1.82) is 0 Å². The summed E-state index contributed by atoms with van der Waals surface area (Å²) in [5, 5.41) is 8.00. The Labute approximate surface area is 765 Å². The lowest BCUT2D eigenvalue weighted by molar-refractivity contribution is 1.01. The Kier molecular flexibility index (Phi) is 61.8. The molecule has 15 aromatic carbocycles. The highest BCUT2D eigenvalue weighted by Gasteiger charge is 2.21. The van der Waals surface area contributed by atoms with Gasteiger partial charge in [-0.2, -0.15) is 0 Å². The van der Waals surface area contributed by atoms with E-state index in [4.69, 9.17) is 0 Å². The summed E-state index contributed by atoms with van der Waals surface area (Å²) in [4.78, 5) is 0. The molecule has 0 saturated carbocycles. The van der Waals surface area contributed by atoms with E-state index in [0.717, 1.165) is 25.7 Å². The summed E-state index contributed by atoms with van der Waals surface area (Å²) in [6.07, 6.45) is 4.42. The van der Waals surface area contributed by atoms with Crippen LogP contribution in [-0.2, 0) is 32.7 Å². The van der Waals surface area contributed by atoms with Crippen molar-refractivity contribution in [2.75, 3.05) is 0 Å². The van der Waals surface area contributed by atoms with Crippen LogP contribution in [0.15, 0.2) is 334 Å². The molecule has 1 nitrogen and oxygen atoms in total. The van der Waals surface area contributed by atoms with Gasteiger partial charge in [0.15, 0.2) is 0 Å². The molecule has 20 rings (SSSR count). The quantitative estimate of drug-likeness (QED) is 0.143. The molecule has 0 saturated heterocycles. The van der Waals surface area contributed by atoms with Crippen LogP contribution in [0.1, 0.15) is 263 Å². The molecule has 666 valence electrons. The minimum Gasteiger partial charge on any atom is -0.344 e. The summed E-state index contributed by atoms with van der Waals surface area (Å²) in [6.45, 7) is 67.0. The molecule has 16 aromatic rings. The molecule has 0 amide bonds. The molecule has 125 heavy (non-hydrogen) atoms. The van der Waals surface area contributed by atoms with E-state index in [2.05, 4.69) is 376 Å². The molecule has 0 atom stereocenters. The van der Waals surface area contributed by atoms with E-state index >= 15 is 0 Å². The molecule has 4 aliphatic rings. The smallest absolute Gasteiger partial charge is 0.0488 e. The average Bonchev–Trinajstić information content (AvgIpc) is 1.62. The van der Waals surface area contributed by atoms with Gasteiger partial charge >= 0.3 is 0 Å². The molecule has 1 aromatic heterocycles. The van der Waals surface area contributed by atoms with Gasteiger partial charge in [-0.05, 0) is 214 Å². The van der Waals surface area contributed by atoms with Crippen LogP contribution in [0.4, 0.5) is 0 Å². The van der Waals surface area contributed by atoms with Crippen molar-refractivity contribution in [2.45, 2.75) is 254 Å². The molecule has 0 aliphatic heterocycles. The lowest BCUT2D eigenvalue weighted by Gasteiger charge is -2.03. The number of hydrogen-bond donors (Lipinski definition) is 0. The lowest BCUT2D eigenvalue weighted by atomic mass is 10.0. The maximum Gasteiger partial charge on any atom is 0.0488 e. The van der Waals surface area contributed by atoms with Gasteiger partial charge in [0.05, 0.1) is 0 Å². The molecule has 4 aliphatic carbocycles. The summed E-state index contributed by atoms with van der Waals surface area (Å²) in [5.74, 6) is 0. The first-order valence-electron chi connectivity index (χ1n) is 47.9. The predicted molar refractivity (Wildman–Crippen MR) is 574 cm³/mol. The highest BCUT2D eigenvalue weighted by molar-refractivity contribution is 6.08. The third-order valence-electron chi connectivity index (χ3n) is 19.7. The SMILES string of the molecule is CC.CC.CC.CC.CC.CC.CC.CC.CC.CC.CC.CC.CC.Cc1ccc2c(c1)-c1ccccc1C2.Cc1ccc2c(c1)Cc1ccccc1-2.Cc1ccc2ccccc2c1.Cc1cccc2c1-c1ccccc1C2.Cc1cccc2c1Cc1ccccc1-2.Cc1cccc2ccccc12.Cc1ccccc1.Cn1c2ccccc2c2ccccc21. The predicted octanol–water partition coefficient (Wildman–Crippen LogP) is 39.2. The van der Waals surface area contributed by atoms with E-state index in [-0.39, 0.29) is 0 Å². The molecule has 0 fully saturated rings. The minimum atomic E-state index is 1.10. The molecule has 0 spiro atoms. The van der Waals surface area contributed by atoms with Crippen molar-refractivity contribution in [1.82, 2.24) is 4.57 Å². The van der Waals surface area contributed by atoms with Gasteiger partial charge in [-0.15, -0.1) is 0 Å². The van der Waals surface area contributed by atoms with Gasteiger partial charge in [-0.3, -0.25) is 0 Å². The first-order valence-corrected chi connectivity index (χ1v) is 47.9. The molecule has 0 bridgehead atoms. The Hall–Kier alpha value is -11.4. The Morgan fingerprint density at radius 3 is 1.02 bits per heavy atom. The van der Waals surface area contributed by atoms with Crippen molar-refractivity contribution >= 4 is 43.4 Å². The number of rotatable bonds is 0.